The Bertz CT molecular complexity index is 1610. The Labute approximate surface area is 233 Å². The summed E-state index contributed by atoms with van der Waals surface area (Å²) in [5, 5.41) is 2.66. The van der Waals surface area contributed by atoms with Crippen molar-refractivity contribution < 1.29 is 35.5 Å². The normalized spacial score (nSPS) is 16.2. The Morgan fingerprint density at radius 3 is 2.25 bits per heavy atom. The van der Waals surface area contributed by atoms with Crippen molar-refractivity contribution in [2.45, 2.75) is 42.0 Å². The molecule has 2 N–H and O–H groups in total. The smallest absolute Gasteiger partial charge is 0.262 e. The van der Waals surface area contributed by atoms with E-state index in [4.69, 9.17) is 9.47 Å². The van der Waals surface area contributed by atoms with Gasteiger partial charge in [0.15, 0.2) is 0 Å². The number of amides is 1. The number of ether oxygens (including phenoxy) is 2. The summed E-state index contributed by atoms with van der Waals surface area (Å²) < 4.78 is 80.3. The number of methoxy groups -OCH3 is 2. The van der Waals surface area contributed by atoms with Gasteiger partial charge in [0, 0.05) is 23.8 Å². The molecule has 10 nitrogen and oxygen atoms in total. The van der Waals surface area contributed by atoms with Crippen LogP contribution in [0.25, 0.3) is 0 Å². The molecule has 1 amide bonds. The lowest BCUT2D eigenvalue weighted by Gasteiger charge is -2.32. The van der Waals surface area contributed by atoms with Crippen LogP contribution in [0.4, 0.5) is 15.8 Å². The minimum Gasteiger partial charge on any atom is -0.495 e. The standard InChI is InChI=1S/C27H30FN3O7S2/c1-18-6-4-5-15-31(18)40(35,36)26-16-19(7-13-25(26)38-3)27(32)29-21-10-14-24(37-2)23(17-21)30-39(33,34)22-11-8-20(28)9-12-22/h7-14,16-18,30H,4-6,15H2,1-3H3,(H,29,32)/t18-/m1/s1. The molecule has 0 saturated carbocycles. The first-order valence-corrected chi connectivity index (χ1v) is 15.4. The van der Waals surface area contributed by atoms with Crippen LogP contribution in [0.15, 0.2) is 70.5 Å². The van der Waals surface area contributed by atoms with Gasteiger partial charge in [0.1, 0.15) is 22.2 Å². The first-order chi connectivity index (χ1) is 19.0. The van der Waals surface area contributed by atoms with E-state index in [1.807, 2.05) is 6.92 Å². The highest BCUT2D eigenvalue weighted by molar-refractivity contribution is 7.92. The average Bonchev–Trinajstić information content (AvgIpc) is 2.93. The van der Waals surface area contributed by atoms with Gasteiger partial charge in [-0.1, -0.05) is 6.42 Å². The van der Waals surface area contributed by atoms with Gasteiger partial charge in [-0.25, -0.2) is 21.2 Å². The molecule has 0 aromatic heterocycles. The second kappa shape index (κ2) is 11.8. The van der Waals surface area contributed by atoms with Crippen molar-refractivity contribution in [1.29, 1.82) is 0 Å². The van der Waals surface area contributed by atoms with E-state index in [1.165, 1.54) is 54.9 Å². The van der Waals surface area contributed by atoms with Gasteiger partial charge < -0.3 is 14.8 Å². The van der Waals surface area contributed by atoms with Crippen LogP contribution in [-0.4, -0.2) is 53.9 Å². The van der Waals surface area contributed by atoms with Crippen molar-refractivity contribution >= 4 is 37.3 Å². The zero-order valence-electron chi connectivity index (χ0n) is 22.2. The molecule has 13 heteroatoms. The summed E-state index contributed by atoms with van der Waals surface area (Å²) >= 11 is 0. The highest BCUT2D eigenvalue weighted by Gasteiger charge is 2.33. The predicted molar refractivity (Wildman–Crippen MR) is 148 cm³/mol. The molecule has 40 heavy (non-hydrogen) atoms. The van der Waals surface area contributed by atoms with Gasteiger partial charge in [-0.05, 0) is 80.4 Å². The van der Waals surface area contributed by atoms with Crippen LogP contribution in [0.1, 0.15) is 36.5 Å². The van der Waals surface area contributed by atoms with Crippen LogP contribution in [0.3, 0.4) is 0 Å². The van der Waals surface area contributed by atoms with E-state index >= 15 is 0 Å². The first kappa shape index (κ1) is 29.3. The number of rotatable bonds is 9. The Kier molecular flexibility index (Phi) is 8.66. The fourth-order valence-electron chi connectivity index (χ4n) is 4.46. The molecule has 0 bridgehead atoms. The van der Waals surface area contributed by atoms with Crippen LogP contribution in [0, 0.1) is 5.82 Å². The zero-order chi connectivity index (χ0) is 29.1. The summed E-state index contributed by atoms with van der Waals surface area (Å²) in [6.45, 7) is 2.23. The van der Waals surface area contributed by atoms with E-state index in [0.717, 1.165) is 43.5 Å². The van der Waals surface area contributed by atoms with Gasteiger partial charge in [0.25, 0.3) is 15.9 Å². The topological polar surface area (TPSA) is 131 Å². The average molecular weight is 592 g/mol. The summed E-state index contributed by atoms with van der Waals surface area (Å²) in [7, 11) is -5.32. The molecule has 1 saturated heterocycles. The number of anilines is 2. The van der Waals surface area contributed by atoms with Crippen molar-refractivity contribution in [2.24, 2.45) is 0 Å². The van der Waals surface area contributed by atoms with Gasteiger partial charge in [0.05, 0.1) is 24.8 Å². The molecule has 0 aliphatic carbocycles. The van der Waals surface area contributed by atoms with E-state index in [2.05, 4.69) is 10.0 Å². The second-order valence-electron chi connectivity index (χ2n) is 9.25. The van der Waals surface area contributed by atoms with Crippen LogP contribution >= 0.6 is 0 Å². The predicted octanol–water partition coefficient (Wildman–Crippen LogP) is 4.46. The lowest BCUT2D eigenvalue weighted by Crippen LogP contribution is -2.42. The maximum Gasteiger partial charge on any atom is 0.262 e. The lowest BCUT2D eigenvalue weighted by atomic mass is 10.1. The van der Waals surface area contributed by atoms with Gasteiger partial charge in [0.2, 0.25) is 10.0 Å². The number of sulfonamides is 2. The third-order valence-electron chi connectivity index (χ3n) is 6.58. The molecule has 0 spiro atoms. The number of nitrogens with zero attached hydrogens (tertiary/aromatic N) is 1. The molecule has 0 unspecified atom stereocenters. The van der Waals surface area contributed by atoms with E-state index in [-0.39, 0.29) is 44.3 Å². The van der Waals surface area contributed by atoms with Crippen molar-refractivity contribution in [3.05, 3.63) is 72.0 Å². The molecule has 1 fully saturated rings. The second-order valence-corrected chi connectivity index (χ2v) is 12.8. The largest absolute Gasteiger partial charge is 0.495 e. The number of halogens is 1. The zero-order valence-corrected chi connectivity index (χ0v) is 23.8. The molecule has 3 aromatic carbocycles. The fourth-order valence-corrected chi connectivity index (χ4v) is 7.40. The summed E-state index contributed by atoms with van der Waals surface area (Å²) in [5.41, 5.74) is 0.308. The quantitative estimate of drug-likeness (QED) is 0.376. The number of nitrogens with one attached hydrogen (secondary N) is 2. The van der Waals surface area contributed by atoms with Gasteiger partial charge in [-0.3, -0.25) is 9.52 Å². The number of carbonyl (C=O) groups is 1. The molecule has 1 aliphatic rings. The Balaban J connectivity index is 1.61. The molecule has 3 aromatic rings. The number of carbonyl (C=O) groups excluding carboxylic acids is 1. The molecule has 4 rings (SSSR count). The fraction of sp³-hybridized carbons (Fsp3) is 0.296. The first-order valence-electron chi connectivity index (χ1n) is 12.4. The van der Waals surface area contributed by atoms with Crippen LogP contribution in [0.2, 0.25) is 0 Å². The highest BCUT2D eigenvalue weighted by atomic mass is 32.2. The molecule has 1 aliphatic heterocycles. The van der Waals surface area contributed by atoms with Gasteiger partial charge in [-0.15, -0.1) is 0 Å². The van der Waals surface area contributed by atoms with E-state index < -0.39 is 31.8 Å². The maximum atomic E-state index is 13.5. The SMILES string of the molecule is COc1ccc(NC(=O)c2ccc(OC)c(S(=O)(=O)N3CCCC[C@H]3C)c2)cc1NS(=O)(=O)c1ccc(F)cc1. The van der Waals surface area contributed by atoms with Crippen LogP contribution in [-0.2, 0) is 20.0 Å². The molecule has 214 valence electrons. The number of hydrogen-bond donors (Lipinski definition) is 2. The van der Waals surface area contributed by atoms with Crippen molar-refractivity contribution in [2.75, 3.05) is 30.8 Å². The summed E-state index contributed by atoms with van der Waals surface area (Å²) in [6, 6.07) is 12.6. The minimum atomic E-state index is -4.10. The third-order valence-corrected chi connectivity index (χ3v) is 10.00. The monoisotopic (exact) mass is 591 g/mol. The summed E-state index contributed by atoms with van der Waals surface area (Å²) in [6.07, 6.45) is 2.43. The number of hydrogen-bond acceptors (Lipinski definition) is 7. The highest BCUT2D eigenvalue weighted by Crippen LogP contribution is 2.33. The molecule has 0 radical (unpaired) electrons. The number of benzene rings is 3. The Morgan fingerprint density at radius 1 is 0.925 bits per heavy atom. The van der Waals surface area contributed by atoms with Crippen molar-refractivity contribution in [3.8, 4) is 11.5 Å². The van der Waals surface area contributed by atoms with Crippen molar-refractivity contribution in [1.82, 2.24) is 4.31 Å². The Morgan fingerprint density at radius 2 is 1.60 bits per heavy atom. The van der Waals surface area contributed by atoms with Gasteiger partial charge in [-0.2, -0.15) is 4.31 Å². The molecule has 1 atom stereocenters. The Hall–Kier alpha value is -3.68. The van der Waals surface area contributed by atoms with Crippen LogP contribution < -0.4 is 19.5 Å². The summed E-state index contributed by atoms with van der Waals surface area (Å²) in [4.78, 5) is 12.9. The molecular formula is C27H30FN3O7S2. The maximum absolute atomic E-state index is 13.5. The number of piperidine rings is 1. The van der Waals surface area contributed by atoms with Crippen LogP contribution in [0.5, 0.6) is 11.5 Å². The third kappa shape index (κ3) is 6.21. The van der Waals surface area contributed by atoms with Gasteiger partial charge >= 0.3 is 0 Å². The summed E-state index contributed by atoms with van der Waals surface area (Å²) in [5.74, 6) is -0.905. The minimum absolute atomic E-state index is 0.0294. The lowest BCUT2D eigenvalue weighted by molar-refractivity contribution is 0.102. The molecule has 1 heterocycles. The van der Waals surface area contributed by atoms with E-state index in [1.54, 1.807) is 0 Å². The van der Waals surface area contributed by atoms with Crippen molar-refractivity contribution in [3.63, 3.8) is 0 Å². The van der Waals surface area contributed by atoms with E-state index in [0.29, 0.717) is 6.54 Å². The molecular weight excluding hydrogens is 561 g/mol. The van der Waals surface area contributed by atoms with E-state index in [9.17, 15) is 26.0 Å².